The van der Waals surface area contributed by atoms with E-state index in [9.17, 15) is 8.42 Å². The molecular weight excluding hydrogens is 290 g/mol. The van der Waals surface area contributed by atoms with Gasteiger partial charge in [-0.05, 0) is 19.2 Å². The maximum atomic E-state index is 12.2. The van der Waals surface area contributed by atoms with Gasteiger partial charge in [0.1, 0.15) is 11.3 Å². The first-order valence-electron chi connectivity index (χ1n) is 6.95. The van der Waals surface area contributed by atoms with Crippen molar-refractivity contribution in [3.05, 3.63) is 36.1 Å². The molecule has 0 radical (unpaired) electrons. The van der Waals surface area contributed by atoms with Crippen molar-refractivity contribution in [3.8, 4) is 0 Å². The van der Waals surface area contributed by atoms with Gasteiger partial charge in [0.2, 0.25) is 0 Å². The van der Waals surface area contributed by atoms with Gasteiger partial charge in [-0.1, -0.05) is 18.2 Å². The summed E-state index contributed by atoms with van der Waals surface area (Å²) in [6.07, 6.45) is 0. The molecule has 1 aliphatic rings. The minimum atomic E-state index is -3.45. The highest BCUT2D eigenvalue weighted by atomic mass is 32.2. The van der Waals surface area contributed by atoms with Gasteiger partial charge >= 0.3 is 0 Å². The van der Waals surface area contributed by atoms with Crippen molar-refractivity contribution in [2.75, 3.05) is 33.2 Å². The van der Waals surface area contributed by atoms with E-state index in [0.717, 1.165) is 24.1 Å². The molecule has 1 aliphatic heterocycles. The normalized spacial score (nSPS) is 18.3. The number of para-hydroxylation sites is 1. The Morgan fingerprint density at radius 2 is 1.90 bits per heavy atom. The molecule has 1 fully saturated rings. The molecule has 0 atom stereocenters. The van der Waals surface area contributed by atoms with Crippen LogP contribution in [0.1, 0.15) is 5.76 Å². The summed E-state index contributed by atoms with van der Waals surface area (Å²) in [7, 11) is -1.45. The van der Waals surface area contributed by atoms with Crippen LogP contribution in [0.25, 0.3) is 11.0 Å². The van der Waals surface area contributed by atoms with Gasteiger partial charge in [-0.3, -0.25) is 0 Å². The quantitative estimate of drug-likeness (QED) is 0.915. The third-order valence-corrected chi connectivity index (χ3v) is 5.26. The molecule has 1 aromatic heterocycles. The Morgan fingerprint density at radius 1 is 1.19 bits per heavy atom. The molecule has 0 aliphatic carbocycles. The molecular formula is C14H19N3O3S. The monoisotopic (exact) mass is 309 g/mol. The first-order chi connectivity index (χ1) is 10.0. The number of nitrogens with zero attached hydrogens (tertiary/aromatic N) is 2. The van der Waals surface area contributed by atoms with Gasteiger partial charge < -0.3 is 9.32 Å². The molecule has 1 saturated heterocycles. The van der Waals surface area contributed by atoms with E-state index in [0.29, 0.717) is 18.8 Å². The standard InChI is InChI=1S/C14H19N3O3S/c1-16-6-8-17(9-7-16)21(18,19)15-11-13-10-12-4-2-3-5-14(12)20-13/h2-5,10,15H,6-9,11H2,1H3. The van der Waals surface area contributed by atoms with E-state index >= 15 is 0 Å². The highest BCUT2D eigenvalue weighted by molar-refractivity contribution is 7.87. The molecule has 2 heterocycles. The molecule has 0 spiro atoms. The van der Waals surface area contributed by atoms with Crippen LogP contribution in [0.4, 0.5) is 0 Å². The topological polar surface area (TPSA) is 65.8 Å². The largest absolute Gasteiger partial charge is 0.460 e. The van der Waals surface area contributed by atoms with Crippen LogP contribution in [0.5, 0.6) is 0 Å². The molecule has 7 heteroatoms. The average molecular weight is 309 g/mol. The highest BCUT2D eigenvalue weighted by Gasteiger charge is 2.25. The fourth-order valence-corrected chi connectivity index (χ4v) is 3.56. The van der Waals surface area contributed by atoms with Crippen molar-refractivity contribution in [1.82, 2.24) is 13.9 Å². The van der Waals surface area contributed by atoms with E-state index in [1.165, 1.54) is 4.31 Å². The van der Waals surface area contributed by atoms with E-state index < -0.39 is 10.2 Å². The van der Waals surface area contributed by atoms with Gasteiger partial charge in [0, 0.05) is 31.6 Å². The Balaban J connectivity index is 1.66. The molecule has 0 saturated carbocycles. The van der Waals surface area contributed by atoms with Crippen LogP contribution in [-0.4, -0.2) is 50.8 Å². The lowest BCUT2D eigenvalue weighted by molar-refractivity contribution is 0.220. The minimum absolute atomic E-state index is 0.170. The van der Waals surface area contributed by atoms with Gasteiger partial charge in [-0.2, -0.15) is 17.4 Å². The van der Waals surface area contributed by atoms with Crippen LogP contribution >= 0.6 is 0 Å². The Hall–Kier alpha value is -1.41. The van der Waals surface area contributed by atoms with Crippen molar-refractivity contribution in [1.29, 1.82) is 0 Å². The molecule has 21 heavy (non-hydrogen) atoms. The van der Waals surface area contributed by atoms with Crippen LogP contribution in [0.2, 0.25) is 0 Å². The first-order valence-corrected chi connectivity index (χ1v) is 8.39. The van der Waals surface area contributed by atoms with Crippen LogP contribution in [-0.2, 0) is 16.8 Å². The second kappa shape index (κ2) is 5.76. The maximum Gasteiger partial charge on any atom is 0.279 e. The number of nitrogens with one attached hydrogen (secondary N) is 1. The molecule has 1 aromatic carbocycles. The summed E-state index contributed by atoms with van der Waals surface area (Å²) in [5.41, 5.74) is 0.770. The van der Waals surface area contributed by atoms with Gasteiger partial charge in [-0.25, -0.2) is 0 Å². The molecule has 2 aromatic rings. The number of furan rings is 1. The zero-order valence-corrected chi connectivity index (χ0v) is 12.8. The number of fused-ring (bicyclic) bond motifs is 1. The molecule has 0 bridgehead atoms. The highest BCUT2D eigenvalue weighted by Crippen LogP contribution is 2.18. The number of likely N-dealkylation sites (N-methyl/N-ethyl adjacent to an activating group) is 1. The van der Waals surface area contributed by atoms with Gasteiger partial charge in [-0.15, -0.1) is 0 Å². The van der Waals surface area contributed by atoms with Gasteiger partial charge in [0.25, 0.3) is 10.2 Å². The number of rotatable bonds is 4. The van der Waals surface area contributed by atoms with Crippen LogP contribution in [0.15, 0.2) is 34.7 Å². The van der Waals surface area contributed by atoms with E-state index in [-0.39, 0.29) is 6.54 Å². The summed E-state index contributed by atoms with van der Waals surface area (Å²) in [6, 6.07) is 9.49. The summed E-state index contributed by atoms with van der Waals surface area (Å²) in [6.45, 7) is 2.72. The van der Waals surface area contributed by atoms with Crippen LogP contribution in [0.3, 0.4) is 0 Å². The second-order valence-corrected chi connectivity index (χ2v) is 7.03. The second-order valence-electron chi connectivity index (χ2n) is 5.28. The number of piperazine rings is 1. The summed E-state index contributed by atoms with van der Waals surface area (Å²) in [4.78, 5) is 2.12. The Morgan fingerprint density at radius 3 is 2.62 bits per heavy atom. The van der Waals surface area contributed by atoms with Gasteiger partial charge in [0.05, 0.1) is 6.54 Å². The zero-order chi connectivity index (χ0) is 14.9. The molecule has 0 unspecified atom stereocenters. The third-order valence-electron chi connectivity index (χ3n) is 3.71. The van der Waals surface area contributed by atoms with Crippen molar-refractivity contribution < 1.29 is 12.8 Å². The summed E-state index contributed by atoms with van der Waals surface area (Å²) in [5, 5.41) is 0.978. The van der Waals surface area contributed by atoms with Crippen LogP contribution in [0, 0.1) is 0 Å². The summed E-state index contributed by atoms with van der Waals surface area (Å²) in [5.74, 6) is 0.619. The average Bonchev–Trinajstić information content (AvgIpc) is 2.89. The minimum Gasteiger partial charge on any atom is -0.460 e. The predicted molar refractivity (Wildman–Crippen MR) is 81.0 cm³/mol. The lowest BCUT2D eigenvalue weighted by atomic mass is 10.2. The van der Waals surface area contributed by atoms with Crippen molar-refractivity contribution >= 4 is 21.2 Å². The number of hydrogen-bond acceptors (Lipinski definition) is 4. The van der Waals surface area contributed by atoms with Gasteiger partial charge in [0.15, 0.2) is 0 Å². The maximum absolute atomic E-state index is 12.2. The molecule has 1 N–H and O–H groups in total. The smallest absolute Gasteiger partial charge is 0.279 e. The Bertz CT molecular complexity index is 685. The van der Waals surface area contributed by atoms with Crippen molar-refractivity contribution in [2.24, 2.45) is 0 Å². The van der Waals surface area contributed by atoms with E-state index in [4.69, 9.17) is 4.42 Å². The lowest BCUT2D eigenvalue weighted by Crippen LogP contribution is -2.50. The SMILES string of the molecule is CN1CCN(S(=O)(=O)NCc2cc3ccccc3o2)CC1. The summed E-state index contributed by atoms with van der Waals surface area (Å²) < 4.78 is 34.2. The predicted octanol–water partition coefficient (Wildman–Crippen LogP) is 1.01. The number of benzene rings is 1. The fourth-order valence-electron chi connectivity index (χ4n) is 2.41. The molecule has 114 valence electrons. The summed E-state index contributed by atoms with van der Waals surface area (Å²) >= 11 is 0. The van der Waals surface area contributed by atoms with Crippen molar-refractivity contribution in [3.63, 3.8) is 0 Å². The van der Waals surface area contributed by atoms with E-state index in [2.05, 4.69) is 9.62 Å². The fraction of sp³-hybridized carbons (Fsp3) is 0.429. The zero-order valence-electron chi connectivity index (χ0n) is 11.9. The Kier molecular flexibility index (Phi) is 3.99. The third kappa shape index (κ3) is 3.26. The van der Waals surface area contributed by atoms with E-state index in [1.807, 2.05) is 37.4 Å². The van der Waals surface area contributed by atoms with Crippen LogP contribution < -0.4 is 4.72 Å². The van der Waals surface area contributed by atoms with Crippen molar-refractivity contribution in [2.45, 2.75) is 6.54 Å². The lowest BCUT2D eigenvalue weighted by Gasteiger charge is -2.31. The number of hydrogen-bond donors (Lipinski definition) is 1. The first kappa shape index (κ1) is 14.5. The van der Waals surface area contributed by atoms with E-state index in [1.54, 1.807) is 0 Å². The molecule has 6 nitrogen and oxygen atoms in total. The Labute approximate surface area is 124 Å². The molecule has 3 rings (SSSR count). The molecule has 0 amide bonds.